The van der Waals surface area contributed by atoms with Crippen LogP contribution in [0.1, 0.15) is 35.2 Å². The summed E-state index contributed by atoms with van der Waals surface area (Å²) in [7, 11) is 0. The van der Waals surface area contributed by atoms with E-state index >= 15 is 0 Å². The Balaban J connectivity index is 2.41. The molecular weight excluding hydrogens is 222 g/mol. The fraction of sp³-hybridized carbons (Fsp3) is 0.333. The van der Waals surface area contributed by atoms with Crippen molar-refractivity contribution in [3.8, 4) is 0 Å². The average Bonchev–Trinajstić information content (AvgIpc) is 2.36. The number of nitrogens with one attached hydrogen (secondary N) is 1. The lowest BCUT2D eigenvalue weighted by Gasteiger charge is -2.19. The van der Waals surface area contributed by atoms with Gasteiger partial charge < -0.3 is 5.32 Å². The Morgan fingerprint density at radius 1 is 1.00 bits per heavy atom. The minimum absolute atomic E-state index is 0.162. The predicted molar refractivity (Wildman–Crippen MR) is 73.5 cm³/mol. The van der Waals surface area contributed by atoms with Crippen LogP contribution in [0.4, 0.5) is 0 Å². The first-order valence-electron chi connectivity index (χ1n) is 6.27. The van der Waals surface area contributed by atoms with Crippen LogP contribution in [-0.2, 0) is 0 Å². The molecule has 0 bridgehead atoms. The van der Waals surface area contributed by atoms with Crippen LogP contribution < -0.4 is 5.32 Å². The Bertz CT molecular complexity index is 488. The molecule has 3 nitrogen and oxygen atoms in total. The minimum atomic E-state index is 0.162. The van der Waals surface area contributed by atoms with Crippen LogP contribution in [0.25, 0.3) is 0 Å². The van der Waals surface area contributed by atoms with Crippen molar-refractivity contribution in [3.63, 3.8) is 0 Å². The summed E-state index contributed by atoms with van der Waals surface area (Å²) in [6.45, 7) is 7.27. The van der Waals surface area contributed by atoms with E-state index in [1.165, 1.54) is 16.7 Å². The highest BCUT2D eigenvalue weighted by molar-refractivity contribution is 5.35. The van der Waals surface area contributed by atoms with Crippen molar-refractivity contribution in [1.82, 2.24) is 15.3 Å². The Hall–Kier alpha value is -1.74. The van der Waals surface area contributed by atoms with Gasteiger partial charge in [0.25, 0.3) is 0 Å². The van der Waals surface area contributed by atoms with Gasteiger partial charge in [0.05, 0.1) is 6.04 Å². The highest BCUT2D eigenvalue weighted by Gasteiger charge is 2.13. The summed E-state index contributed by atoms with van der Waals surface area (Å²) >= 11 is 0. The van der Waals surface area contributed by atoms with E-state index in [4.69, 9.17) is 0 Å². The van der Waals surface area contributed by atoms with Gasteiger partial charge in [-0.15, -0.1) is 0 Å². The third-order valence-electron chi connectivity index (χ3n) is 2.90. The minimum Gasteiger partial charge on any atom is -0.306 e. The van der Waals surface area contributed by atoms with Gasteiger partial charge in [0.2, 0.25) is 0 Å². The molecule has 1 unspecified atom stereocenters. The van der Waals surface area contributed by atoms with Gasteiger partial charge in [-0.1, -0.05) is 36.2 Å². The van der Waals surface area contributed by atoms with Crippen molar-refractivity contribution in [1.29, 1.82) is 0 Å². The second-order valence-electron chi connectivity index (χ2n) is 4.58. The number of benzene rings is 1. The van der Waals surface area contributed by atoms with Crippen LogP contribution in [0.5, 0.6) is 0 Å². The molecule has 1 heterocycles. The summed E-state index contributed by atoms with van der Waals surface area (Å²) in [5.74, 6) is 0. The van der Waals surface area contributed by atoms with Crippen LogP contribution in [0.15, 0.2) is 36.9 Å². The molecule has 1 atom stereocenters. The quantitative estimate of drug-likeness (QED) is 0.894. The molecule has 0 aliphatic carbocycles. The molecule has 0 radical (unpaired) electrons. The van der Waals surface area contributed by atoms with Crippen LogP contribution in [0, 0.1) is 13.8 Å². The maximum Gasteiger partial charge on any atom is 0.115 e. The fourth-order valence-corrected chi connectivity index (χ4v) is 2.27. The molecule has 0 amide bonds. The van der Waals surface area contributed by atoms with Crippen molar-refractivity contribution in [2.45, 2.75) is 26.8 Å². The molecule has 94 valence electrons. The van der Waals surface area contributed by atoms with E-state index in [1.54, 1.807) is 6.33 Å². The molecule has 1 aromatic carbocycles. The highest BCUT2D eigenvalue weighted by Crippen LogP contribution is 2.22. The van der Waals surface area contributed by atoms with Gasteiger partial charge in [0.15, 0.2) is 0 Å². The molecule has 18 heavy (non-hydrogen) atoms. The van der Waals surface area contributed by atoms with E-state index in [9.17, 15) is 0 Å². The van der Waals surface area contributed by atoms with Crippen molar-refractivity contribution in [2.24, 2.45) is 0 Å². The van der Waals surface area contributed by atoms with Crippen LogP contribution in [0.2, 0.25) is 0 Å². The molecule has 2 rings (SSSR count). The SMILES string of the molecule is CCNC(c1cncnc1)c1cc(C)cc(C)c1. The van der Waals surface area contributed by atoms with Crippen molar-refractivity contribution < 1.29 is 0 Å². The topological polar surface area (TPSA) is 37.8 Å². The summed E-state index contributed by atoms with van der Waals surface area (Å²) in [4.78, 5) is 8.21. The van der Waals surface area contributed by atoms with E-state index in [-0.39, 0.29) is 6.04 Å². The Morgan fingerprint density at radius 2 is 1.61 bits per heavy atom. The maximum atomic E-state index is 4.11. The molecule has 0 aliphatic heterocycles. The fourth-order valence-electron chi connectivity index (χ4n) is 2.27. The maximum absolute atomic E-state index is 4.11. The molecule has 0 aliphatic rings. The van der Waals surface area contributed by atoms with Crippen LogP contribution >= 0.6 is 0 Å². The predicted octanol–water partition coefficient (Wildman–Crippen LogP) is 2.79. The zero-order valence-corrected chi connectivity index (χ0v) is 11.1. The van der Waals surface area contributed by atoms with E-state index in [1.807, 2.05) is 12.4 Å². The van der Waals surface area contributed by atoms with Crippen LogP contribution in [-0.4, -0.2) is 16.5 Å². The van der Waals surface area contributed by atoms with Crippen molar-refractivity contribution >= 4 is 0 Å². The van der Waals surface area contributed by atoms with E-state index < -0.39 is 0 Å². The molecule has 1 aromatic heterocycles. The second kappa shape index (κ2) is 5.74. The lowest BCUT2D eigenvalue weighted by Crippen LogP contribution is -2.22. The van der Waals surface area contributed by atoms with Crippen LogP contribution in [0.3, 0.4) is 0 Å². The standard InChI is InChI=1S/C15H19N3/c1-4-18-15(14-8-16-10-17-9-14)13-6-11(2)5-12(3)7-13/h5-10,15,18H,4H2,1-3H3. The van der Waals surface area contributed by atoms with E-state index in [0.29, 0.717) is 0 Å². The van der Waals surface area contributed by atoms with Gasteiger partial charge in [0.1, 0.15) is 6.33 Å². The zero-order chi connectivity index (χ0) is 13.0. The first kappa shape index (κ1) is 12.7. The Morgan fingerprint density at radius 3 is 2.17 bits per heavy atom. The van der Waals surface area contributed by atoms with E-state index in [0.717, 1.165) is 12.1 Å². The number of aryl methyl sites for hydroxylation is 2. The number of nitrogens with zero attached hydrogens (tertiary/aromatic N) is 2. The molecule has 0 saturated heterocycles. The third-order valence-corrected chi connectivity index (χ3v) is 2.90. The number of hydrogen-bond acceptors (Lipinski definition) is 3. The number of hydrogen-bond donors (Lipinski definition) is 1. The van der Waals surface area contributed by atoms with E-state index in [2.05, 4.69) is 54.3 Å². The second-order valence-corrected chi connectivity index (χ2v) is 4.58. The largest absolute Gasteiger partial charge is 0.306 e. The molecular formula is C15H19N3. The smallest absolute Gasteiger partial charge is 0.115 e. The van der Waals surface area contributed by atoms with Gasteiger partial charge in [0, 0.05) is 18.0 Å². The lowest BCUT2D eigenvalue weighted by atomic mass is 9.97. The van der Waals surface area contributed by atoms with Gasteiger partial charge in [-0.25, -0.2) is 9.97 Å². The first-order chi connectivity index (χ1) is 8.70. The zero-order valence-electron chi connectivity index (χ0n) is 11.1. The summed E-state index contributed by atoms with van der Waals surface area (Å²) in [5.41, 5.74) is 4.93. The Kier molecular flexibility index (Phi) is 4.05. The van der Waals surface area contributed by atoms with Crippen molar-refractivity contribution in [2.75, 3.05) is 6.54 Å². The summed E-state index contributed by atoms with van der Waals surface area (Å²) in [5, 5.41) is 3.49. The average molecular weight is 241 g/mol. The summed E-state index contributed by atoms with van der Waals surface area (Å²) in [6.07, 6.45) is 5.31. The first-order valence-corrected chi connectivity index (χ1v) is 6.27. The normalized spacial score (nSPS) is 12.4. The number of aromatic nitrogens is 2. The molecule has 2 aromatic rings. The molecule has 0 fully saturated rings. The molecule has 0 spiro atoms. The Labute approximate surface area is 108 Å². The lowest BCUT2D eigenvalue weighted by molar-refractivity contribution is 0.625. The molecule has 0 saturated carbocycles. The molecule has 1 N–H and O–H groups in total. The molecule has 3 heteroatoms. The van der Waals surface area contributed by atoms with Gasteiger partial charge in [-0.2, -0.15) is 0 Å². The monoisotopic (exact) mass is 241 g/mol. The number of rotatable bonds is 4. The van der Waals surface area contributed by atoms with Gasteiger partial charge in [-0.05, 0) is 26.0 Å². The van der Waals surface area contributed by atoms with Gasteiger partial charge in [-0.3, -0.25) is 0 Å². The highest BCUT2D eigenvalue weighted by atomic mass is 14.9. The summed E-state index contributed by atoms with van der Waals surface area (Å²) in [6, 6.07) is 6.78. The van der Waals surface area contributed by atoms with Gasteiger partial charge >= 0.3 is 0 Å². The summed E-state index contributed by atoms with van der Waals surface area (Å²) < 4.78 is 0. The van der Waals surface area contributed by atoms with Crippen molar-refractivity contribution in [3.05, 3.63) is 59.2 Å². The third kappa shape index (κ3) is 2.93.